The molecule has 0 aliphatic carbocycles. The minimum atomic E-state index is -0.595. The Morgan fingerprint density at radius 3 is 2.72 bits per heavy atom. The van der Waals surface area contributed by atoms with Crippen molar-refractivity contribution in [3.63, 3.8) is 0 Å². The van der Waals surface area contributed by atoms with E-state index in [0.717, 1.165) is 5.56 Å². The first-order chi connectivity index (χ1) is 17.7. The number of rotatable bonds is 6. The van der Waals surface area contributed by atoms with Gasteiger partial charge in [-0.1, -0.05) is 30.3 Å². The second-order valence-electron chi connectivity index (χ2n) is 7.91. The summed E-state index contributed by atoms with van der Waals surface area (Å²) >= 11 is 0. The lowest BCUT2D eigenvalue weighted by Crippen LogP contribution is -2.15. The number of carbonyl (C=O) groups is 1. The van der Waals surface area contributed by atoms with E-state index in [0.29, 0.717) is 40.3 Å². The van der Waals surface area contributed by atoms with Crippen molar-refractivity contribution in [2.24, 2.45) is 0 Å². The number of tetrazole rings is 1. The van der Waals surface area contributed by atoms with Gasteiger partial charge in [0.15, 0.2) is 5.65 Å². The summed E-state index contributed by atoms with van der Waals surface area (Å²) < 4.78 is 23.1. The molecule has 0 spiro atoms. The normalized spacial score (nSPS) is 11.1. The van der Waals surface area contributed by atoms with E-state index in [1.54, 1.807) is 29.3 Å². The molecule has 1 amide bonds. The van der Waals surface area contributed by atoms with Crippen LogP contribution < -0.4 is 5.32 Å². The predicted octanol–water partition coefficient (Wildman–Crippen LogP) is 4.11. The summed E-state index contributed by atoms with van der Waals surface area (Å²) in [6.45, 7) is 0.339. The van der Waals surface area contributed by atoms with E-state index >= 15 is 0 Å². The molecule has 2 aromatic carbocycles. The number of fused-ring (bicyclic) bond motifs is 1. The predicted molar refractivity (Wildman–Crippen MR) is 128 cm³/mol. The second-order valence-corrected chi connectivity index (χ2v) is 7.91. The molecule has 0 saturated carbocycles. The number of furan rings is 1. The fraction of sp³-hybridized carbons (Fsp3) is 0.0400. The largest absolute Gasteiger partial charge is 0.467 e. The fourth-order valence-electron chi connectivity index (χ4n) is 3.88. The van der Waals surface area contributed by atoms with Crippen LogP contribution in [0.15, 0.2) is 89.9 Å². The number of nitrogens with one attached hydrogen (secondary N) is 1. The van der Waals surface area contributed by atoms with E-state index in [-0.39, 0.29) is 5.69 Å². The molecule has 0 bridgehead atoms. The molecule has 0 radical (unpaired) electrons. The highest BCUT2D eigenvalue weighted by atomic mass is 19.1. The maximum absolute atomic E-state index is 14.6. The number of benzene rings is 2. The maximum Gasteiger partial charge on any atom is 0.256 e. The molecule has 11 heteroatoms. The van der Waals surface area contributed by atoms with E-state index in [1.165, 1.54) is 29.2 Å². The average Bonchev–Trinajstić information content (AvgIpc) is 3.69. The van der Waals surface area contributed by atoms with Gasteiger partial charge in [-0.25, -0.2) is 18.7 Å². The van der Waals surface area contributed by atoms with E-state index in [9.17, 15) is 9.18 Å². The van der Waals surface area contributed by atoms with Gasteiger partial charge in [0.05, 0.1) is 40.5 Å². The minimum absolute atomic E-state index is 0.0119. The molecule has 0 aliphatic rings. The van der Waals surface area contributed by atoms with Gasteiger partial charge in [-0.2, -0.15) is 5.10 Å². The fourth-order valence-corrected chi connectivity index (χ4v) is 3.88. The van der Waals surface area contributed by atoms with E-state index < -0.39 is 11.7 Å². The van der Waals surface area contributed by atoms with Crippen molar-refractivity contribution in [3.8, 4) is 16.9 Å². The summed E-state index contributed by atoms with van der Waals surface area (Å²) in [5, 5.41) is 18.6. The molecule has 0 fully saturated rings. The van der Waals surface area contributed by atoms with Crippen LogP contribution in [0.2, 0.25) is 0 Å². The number of aromatic nitrogens is 7. The van der Waals surface area contributed by atoms with Gasteiger partial charge in [0.25, 0.3) is 5.91 Å². The Balaban J connectivity index is 1.43. The highest BCUT2D eigenvalue weighted by molar-refractivity contribution is 6.12. The van der Waals surface area contributed by atoms with Crippen molar-refractivity contribution < 1.29 is 13.6 Å². The molecule has 0 atom stereocenters. The third-order valence-electron chi connectivity index (χ3n) is 5.62. The van der Waals surface area contributed by atoms with Gasteiger partial charge in [-0.05, 0) is 46.8 Å². The van der Waals surface area contributed by atoms with Crippen LogP contribution in [-0.2, 0) is 6.54 Å². The van der Waals surface area contributed by atoms with Crippen molar-refractivity contribution in [2.75, 3.05) is 5.32 Å². The highest BCUT2D eigenvalue weighted by Crippen LogP contribution is 2.27. The monoisotopic (exact) mass is 480 g/mol. The summed E-state index contributed by atoms with van der Waals surface area (Å²) in [6, 6.07) is 19.0. The van der Waals surface area contributed by atoms with Gasteiger partial charge in [-0.15, -0.1) is 5.10 Å². The molecule has 10 nitrogen and oxygen atoms in total. The molecule has 0 aliphatic heterocycles. The molecule has 6 rings (SSSR count). The zero-order chi connectivity index (χ0) is 24.5. The molecule has 1 N–H and O–H groups in total. The number of nitrogens with zero attached hydrogens (tertiary/aromatic N) is 7. The van der Waals surface area contributed by atoms with Crippen molar-refractivity contribution in [2.45, 2.75) is 6.54 Å². The lowest BCUT2D eigenvalue weighted by atomic mass is 10.1. The number of carbonyl (C=O) groups excluding carboxylic acids is 1. The van der Waals surface area contributed by atoms with Gasteiger partial charge in [0.2, 0.25) is 0 Å². The van der Waals surface area contributed by atoms with E-state index in [2.05, 4.69) is 25.9 Å². The third-order valence-corrected chi connectivity index (χ3v) is 5.62. The van der Waals surface area contributed by atoms with Crippen LogP contribution in [0.4, 0.5) is 10.1 Å². The van der Waals surface area contributed by atoms with Gasteiger partial charge in [0.1, 0.15) is 24.4 Å². The quantitative estimate of drug-likeness (QED) is 0.381. The number of amides is 1. The van der Waals surface area contributed by atoms with Gasteiger partial charge >= 0.3 is 0 Å². The number of hydrogen-bond acceptors (Lipinski definition) is 7. The summed E-state index contributed by atoms with van der Waals surface area (Å²) in [5.74, 6) is -0.411. The molecular formula is C25H17FN8O2. The van der Waals surface area contributed by atoms with Crippen LogP contribution in [-0.4, -0.2) is 40.9 Å². The Labute approximate surface area is 203 Å². The van der Waals surface area contributed by atoms with Crippen molar-refractivity contribution >= 4 is 22.6 Å². The standard InChI is InChI=1S/C25H17FN8O2/c26-21-9-8-17(34-15-27-31-32-34)11-23(21)30-25(35)19-12-22(16-5-2-1-3-6-16)29-24-20(19)13-28-33(24)14-18-7-4-10-36-18/h1-13,15H,14H2,(H,30,35). The first-order valence-electron chi connectivity index (χ1n) is 10.9. The number of halogens is 1. The van der Waals surface area contributed by atoms with Gasteiger partial charge in [0, 0.05) is 5.56 Å². The van der Waals surface area contributed by atoms with Crippen LogP contribution in [0, 0.1) is 5.82 Å². The Morgan fingerprint density at radius 1 is 1.06 bits per heavy atom. The Morgan fingerprint density at radius 2 is 1.94 bits per heavy atom. The van der Waals surface area contributed by atoms with Gasteiger partial charge < -0.3 is 9.73 Å². The molecule has 4 aromatic heterocycles. The molecular weight excluding hydrogens is 463 g/mol. The van der Waals surface area contributed by atoms with Crippen molar-refractivity contribution in [1.29, 1.82) is 0 Å². The van der Waals surface area contributed by atoms with Crippen LogP contribution >= 0.6 is 0 Å². The SMILES string of the molecule is O=C(Nc1cc(-n2cnnn2)ccc1F)c1cc(-c2ccccc2)nc2c1cnn2Cc1ccco1. The van der Waals surface area contributed by atoms with E-state index in [1.807, 2.05) is 36.4 Å². The first kappa shape index (κ1) is 21.4. The van der Waals surface area contributed by atoms with Crippen LogP contribution in [0.5, 0.6) is 0 Å². The Kier molecular flexibility index (Phi) is 5.26. The van der Waals surface area contributed by atoms with Crippen molar-refractivity contribution in [3.05, 3.63) is 103 Å². The summed E-state index contributed by atoms with van der Waals surface area (Å²) in [6.07, 6.45) is 4.54. The highest BCUT2D eigenvalue weighted by Gasteiger charge is 2.19. The average molecular weight is 480 g/mol. The summed E-state index contributed by atoms with van der Waals surface area (Å²) in [5.41, 5.74) is 2.69. The molecule has 176 valence electrons. The smallest absolute Gasteiger partial charge is 0.256 e. The van der Waals surface area contributed by atoms with Crippen LogP contribution in [0.3, 0.4) is 0 Å². The molecule has 0 unspecified atom stereocenters. The zero-order valence-corrected chi connectivity index (χ0v) is 18.6. The summed E-state index contributed by atoms with van der Waals surface area (Å²) in [7, 11) is 0. The number of hydrogen-bond donors (Lipinski definition) is 1. The number of anilines is 1. The minimum Gasteiger partial charge on any atom is -0.467 e. The van der Waals surface area contributed by atoms with E-state index in [4.69, 9.17) is 9.40 Å². The summed E-state index contributed by atoms with van der Waals surface area (Å²) in [4.78, 5) is 18.3. The van der Waals surface area contributed by atoms with Crippen molar-refractivity contribution in [1.82, 2.24) is 35.0 Å². The molecule has 36 heavy (non-hydrogen) atoms. The molecule has 4 heterocycles. The molecule has 0 saturated heterocycles. The Bertz CT molecular complexity index is 1660. The lowest BCUT2D eigenvalue weighted by Gasteiger charge is -2.11. The second kappa shape index (κ2) is 8.87. The Hall–Kier alpha value is -5.19. The van der Waals surface area contributed by atoms with Crippen LogP contribution in [0.1, 0.15) is 16.1 Å². The molecule has 6 aromatic rings. The van der Waals surface area contributed by atoms with Crippen LogP contribution in [0.25, 0.3) is 28.0 Å². The van der Waals surface area contributed by atoms with Gasteiger partial charge in [-0.3, -0.25) is 4.79 Å². The third kappa shape index (κ3) is 3.98. The topological polar surface area (TPSA) is 117 Å². The maximum atomic E-state index is 14.6. The zero-order valence-electron chi connectivity index (χ0n) is 18.6. The first-order valence-corrected chi connectivity index (χ1v) is 10.9. The number of pyridine rings is 1. The lowest BCUT2D eigenvalue weighted by molar-refractivity contribution is 0.102.